The first kappa shape index (κ1) is 19.8. The number of hydrogen-bond acceptors (Lipinski definition) is 4. The van der Waals surface area contributed by atoms with Gasteiger partial charge in [0.2, 0.25) is 0 Å². The standard InChI is InChI=1S/C22H29N3OS/c1-17(2)27-21-7-5-4-6-20(21)22(26)23-16-18-8-10-19(11-9-18)25-14-12-24(3)13-15-25/h4-11,17H,12-16H2,1-3H3,(H,23,26). The Hall–Kier alpha value is -1.98. The zero-order valence-electron chi connectivity index (χ0n) is 16.4. The van der Waals surface area contributed by atoms with Crippen LogP contribution in [0.25, 0.3) is 0 Å². The van der Waals surface area contributed by atoms with Crippen LogP contribution in [0, 0.1) is 0 Å². The maximum atomic E-state index is 12.6. The molecule has 0 aromatic heterocycles. The maximum Gasteiger partial charge on any atom is 0.252 e. The summed E-state index contributed by atoms with van der Waals surface area (Å²) in [7, 11) is 2.17. The summed E-state index contributed by atoms with van der Waals surface area (Å²) in [5, 5.41) is 3.51. The number of nitrogens with zero attached hydrogens (tertiary/aromatic N) is 2. The highest BCUT2D eigenvalue weighted by Crippen LogP contribution is 2.26. The average molecular weight is 384 g/mol. The van der Waals surface area contributed by atoms with Crippen molar-refractivity contribution in [3.8, 4) is 0 Å². The highest BCUT2D eigenvalue weighted by Gasteiger charge is 2.15. The number of anilines is 1. The fourth-order valence-corrected chi connectivity index (χ4v) is 4.13. The number of rotatable bonds is 6. The molecule has 1 aliphatic heterocycles. The Bertz CT molecular complexity index is 752. The zero-order valence-corrected chi connectivity index (χ0v) is 17.3. The average Bonchev–Trinajstić information content (AvgIpc) is 2.67. The van der Waals surface area contributed by atoms with Gasteiger partial charge in [0.1, 0.15) is 0 Å². The normalized spacial score (nSPS) is 15.2. The molecule has 1 heterocycles. The summed E-state index contributed by atoms with van der Waals surface area (Å²) >= 11 is 1.72. The minimum atomic E-state index is -0.0121. The Balaban J connectivity index is 1.58. The van der Waals surface area contributed by atoms with Gasteiger partial charge < -0.3 is 15.1 Å². The van der Waals surface area contributed by atoms with Crippen LogP contribution in [-0.2, 0) is 6.54 Å². The van der Waals surface area contributed by atoms with Gasteiger partial charge in [-0.05, 0) is 36.9 Å². The highest BCUT2D eigenvalue weighted by molar-refractivity contribution is 8.00. The second-order valence-electron chi connectivity index (χ2n) is 7.30. The molecule has 1 fully saturated rings. The molecule has 2 aromatic rings. The molecule has 27 heavy (non-hydrogen) atoms. The second-order valence-corrected chi connectivity index (χ2v) is 8.92. The molecule has 0 saturated carbocycles. The first-order valence-corrected chi connectivity index (χ1v) is 10.5. The zero-order chi connectivity index (χ0) is 19.2. The fourth-order valence-electron chi connectivity index (χ4n) is 3.18. The van der Waals surface area contributed by atoms with Crippen molar-refractivity contribution in [3.05, 3.63) is 59.7 Å². The van der Waals surface area contributed by atoms with Crippen molar-refractivity contribution < 1.29 is 4.79 Å². The van der Waals surface area contributed by atoms with Gasteiger partial charge in [-0.15, -0.1) is 11.8 Å². The predicted octanol–water partition coefficient (Wildman–Crippen LogP) is 3.87. The summed E-state index contributed by atoms with van der Waals surface area (Å²) in [4.78, 5) is 18.4. The number of hydrogen-bond donors (Lipinski definition) is 1. The lowest BCUT2D eigenvalue weighted by Crippen LogP contribution is -2.44. The van der Waals surface area contributed by atoms with Gasteiger partial charge in [0.05, 0.1) is 5.56 Å². The molecule has 0 aliphatic carbocycles. The number of carbonyl (C=O) groups is 1. The molecule has 0 radical (unpaired) electrons. The lowest BCUT2D eigenvalue weighted by Gasteiger charge is -2.34. The van der Waals surface area contributed by atoms with Crippen LogP contribution in [0.4, 0.5) is 5.69 Å². The van der Waals surface area contributed by atoms with Crippen LogP contribution in [0.3, 0.4) is 0 Å². The first-order chi connectivity index (χ1) is 13.0. The molecule has 5 heteroatoms. The molecule has 1 N–H and O–H groups in total. The van der Waals surface area contributed by atoms with E-state index in [0.717, 1.165) is 42.2 Å². The fraction of sp³-hybridized carbons (Fsp3) is 0.409. The van der Waals surface area contributed by atoms with Crippen molar-refractivity contribution >= 4 is 23.4 Å². The molecule has 2 aromatic carbocycles. The molecule has 1 amide bonds. The Morgan fingerprint density at radius 3 is 2.37 bits per heavy atom. The van der Waals surface area contributed by atoms with Crippen LogP contribution in [0.15, 0.2) is 53.4 Å². The predicted molar refractivity (Wildman–Crippen MR) is 115 cm³/mol. The number of benzene rings is 2. The number of nitrogens with one attached hydrogen (secondary N) is 1. The molecule has 1 aliphatic rings. The number of amides is 1. The largest absolute Gasteiger partial charge is 0.369 e. The molecular weight excluding hydrogens is 354 g/mol. The van der Waals surface area contributed by atoms with Crippen LogP contribution in [0.5, 0.6) is 0 Å². The van der Waals surface area contributed by atoms with E-state index in [-0.39, 0.29) is 5.91 Å². The Morgan fingerprint density at radius 1 is 1.04 bits per heavy atom. The first-order valence-electron chi connectivity index (χ1n) is 9.59. The van der Waals surface area contributed by atoms with E-state index in [1.165, 1.54) is 5.69 Å². The van der Waals surface area contributed by atoms with E-state index in [0.29, 0.717) is 11.8 Å². The van der Waals surface area contributed by atoms with E-state index in [1.54, 1.807) is 11.8 Å². The summed E-state index contributed by atoms with van der Waals surface area (Å²) in [5.74, 6) is -0.0121. The van der Waals surface area contributed by atoms with Crippen molar-refractivity contribution in [1.82, 2.24) is 10.2 Å². The topological polar surface area (TPSA) is 35.6 Å². The molecule has 0 spiro atoms. The lowest BCUT2D eigenvalue weighted by atomic mass is 10.1. The van der Waals surface area contributed by atoms with Gasteiger partial charge in [-0.1, -0.05) is 38.1 Å². The molecule has 144 valence electrons. The highest BCUT2D eigenvalue weighted by atomic mass is 32.2. The van der Waals surface area contributed by atoms with Gasteiger partial charge in [-0.3, -0.25) is 4.79 Å². The molecule has 0 bridgehead atoms. The van der Waals surface area contributed by atoms with E-state index in [2.05, 4.69) is 60.3 Å². The second kappa shape index (κ2) is 9.29. The van der Waals surface area contributed by atoms with Crippen molar-refractivity contribution in [3.63, 3.8) is 0 Å². The van der Waals surface area contributed by atoms with Crippen LogP contribution >= 0.6 is 11.8 Å². The van der Waals surface area contributed by atoms with Gasteiger partial charge in [0, 0.05) is 48.6 Å². The summed E-state index contributed by atoms with van der Waals surface area (Å²) in [5.41, 5.74) is 3.14. The molecule has 4 nitrogen and oxygen atoms in total. The van der Waals surface area contributed by atoms with E-state index in [9.17, 15) is 4.79 Å². The number of thioether (sulfide) groups is 1. The van der Waals surface area contributed by atoms with Crippen molar-refractivity contribution in [2.24, 2.45) is 0 Å². The van der Waals surface area contributed by atoms with E-state index in [1.807, 2.05) is 24.3 Å². The van der Waals surface area contributed by atoms with Gasteiger partial charge in [0.25, 0.3) is 5.91 Å². The quantitative estimate of drug-likeness (QED) is 0.768. The Labute approximate surface area is 166 Å². The molecule has 0 unspecified atom stereocenters. The third-order valence-corrected chi connectivity index (χ3v) is 5.83. The summed E-state index contributed by atoms with van der Waals surface area (Å²) < 4.78 is 0. The Morgan fingerprint density at radius 2 is 1.70 bits per heavy atom. The van der Waals surface area contributed by atoms with Crippen LogP contribution < -0.4 is 10.2 Å². The summed E-state index contributed by atoms with van der Waals surface area (Å²) in [6, 6.07) is 16.4. The number of likely N-dealkylation sites (N-methyl/N-ethyl adjacent to an activating group) is 1. The smallest absolute Gasteiger partial charge is 0.252 e. The van der Waals surface area contributed by atoms with Crippen molar-refractivity contribution in [2.45, 2.75) is 30.5 Å². The number of carbonyl (C=O) groups excluding carboxylic acids is 1. The minimum Gasteiger partial charge on any atom is -0.369 e. The van der Waals surface area contributed by atoms with E-state index in [4.69, 9.17) is 0 Å². The van der Waals surface area contributed by atoms with Crippen molar-refractivity contribution in [1.29, 1.82) is 0 Å². The van der Waals surface area contributed by atoms with E-state index >= 15 is 0 Å². The molecular formula is C22H29N3OS. The van der Waals surface area contributed by atoms with Gasteiger partial charge in [-0.2, -0.15) is 0 Å². The minimum absolute atomic E-state index is 0.0121. The lowest BCUT2D eigenvalue weighted by molar-refractivity contribution is 0.0948. The van der Waals surface area contributed by atoms with Crippen LogP contribution in [0.1, 0.15) is 29.8 Å². The monoisotopic (exact) mass is 383 g/mol. The van der Waals surface area contributed by atoms with Gasteiger partial charge in [0.15, 0.2) is 0 Å². The van der Waals surface area contributed by atoms with Gasteiger partial charge >= 0.3 is 0 Å². The van der Waals surface area contributed by atoms with Gasteiger partial charge in [-0.25, -0.2) is 0 Å². The van der Waals surface area contributed by atoms with Crippen LogP contribution in [0.2, 0.25) is 0 Å². The third-order valence-electron chi connectivity index (χ3n) is 4.75. The van der Waals surface area contributed by atoms with Crippen LogP contribution in [-0.4, -0.2) is 49.3 Å². The molecule has 1 saturated heterocycles. The number of piperazine rings is 1. The SMILES string of the molecule is CC(C)Sc1ccccc1C(=O)NCc1ccc(N2CCN(C)CC2)cc1. The molecule has 3 rings (SSSR count). The van der Waals surface area contributed by atoms with Crippen molar-refractivity contribution in [2.75, 3.05) is 38.1 Å². The maximum absolute atomic E-state index is 12.6. The third kappa shape index (κ3) is 5.50. The summed E-state index contributed by atoms with van der Waals surface area (Å²) in [6.07, 6.45) is 0. The van der Waals surface area contributed by atoms with E-state index < -0.39 is 0 Å². The Kier molecular flexibility index (Phi) is 6.80. The molecule has 0 atom stereocenters. The summed E-state index contributed by atoms with van der Waals surface area (Å²) in [6.45, 7) is 9.16.